The van der Waals surface area contributed by atoms with Gasteiger partial charge in [-0.1, -0.05) is 168 Å². The fourth-order valence-electron chi connectivity index (χ4n) is 5.66. The highest BCUT2D eigenvalue weighted by atomic mass is 35.5. The molecule has 0 amide bonds. The smallest absolute Gasteiger partial charge is 0.226 e. The van der Waals surface area contributed by atoms with Crippen molar-refractivity contribution in [1.29, 1.82) is 0 Å². The van der Waals surface area contributed by atoms with Crippen molar-refractivity contribution in [3.05, 3.63) is 0 Å². The lowest BCUT2D eigenvalue weighted by molar-refractivity contribution is -0.465. The minimum atomic E-state index is -0.109. The van der Waals surface area contributed by atoms with Crippen LogP contribution in [0.15, 0.2) is 0 Å². The second-order valence-corrected chi connectivity index (χ2v) is 11.6. The zero-order valence-electron chi connectivity index (χ0n) is 23.9. The number of rotatable bonds is 26. The first-order valence-corrected chi connectivity index (χ1v) is 15.6. The summed E-state index contributed by atoms with van der Waals surface area (Å²) >= 11 is 0. The first-order valence-electron chi connectivity index (χ1n) is 15.6. The van der Waals surface area contributed by atoms with E-state index in [2.05, 4.69) is 26.5 Å². The predicted molar refractivity (Wildman–Crippen MR) is 146 cm³/mol. The highest BCUT2D eigenvalue weighted by Crippen LogP contribution is 2.49. The largest absolute Gasteiger partial charge is 1.00 e. The number of quaternary nitrogens is 1. The molecule has 2 nitrogen and oxygen atoms in total. The Morgan fingerprint density at radius 1 is 0.441 bits per heavy atom. The minimum Gasteiger partial charge on any atom is -1.00 e. The molecule has 206 valence electrons. The van der Waals surface area contributed by atoms with Crippen LogP contribution in [-0.2, 0) is 4.74 Å². The van der Waals surface area contributed by atoms with Gasteiger partial charge >= 0.3 is 0 Å². The third kappa shape index (κ3) is 16.8. The van der Waals surface area contributed by atoms with Crippen molar-refractivity contribution in [2.24, 2.45) is 0 Å². The molecule has 34 heavy (non-hydrogen) atoms. The van der Waals surface area contributed by atoms with Crippen LogP contribution in [0.1, 0.15) is 188 Å². The molecular formula is C31H64ClNO. The van der Waals surface area contributed by atoms with Gasteiger partial charge in [-0.2, -0.15) is 0 Å². The van der Waals surface area contributed by atoms with Crippen molar-refractivity contribution in [3.8, 4) is 0 Å². The van der Waals surface area contributed by atoms with Crippen molar-refractivity contribution in [3.63, 3.8) is 0 Å². The summed E-state index contributed by atoms with van der Waals surface area (Å²) in [7, 11) is 0. The van der Waals surface area contributed by atoms with Gasteiger partial charge in [-0.25, -0.2) is 0 Å². The van der Waals surface area contributed by atoms with Crippen LogP contribution in [0.2, 0.25) is 0 Å². The van der Waals surface area contributed by atoms with Crippen LogP contribution in [-0.4, -0.2) is 11.3 Å². The Morgan fingerprint density at radius 2 is 0.647 bits per heavy atom. The fraction of sp³-hybridized carbons (Fsp3) is 1.00. The maximum atomic E-state index is 6.18. The molecule has 1 atom stereocenters. The predicted octanol–water partition coefficient (Wildman–Crippen LogP) is 6.90. The zero-order chi connectivity index (χ0) is 24.1. The molecule has 1 aliphatic rings. The van der Waals surface area contributed by atoms with Gasteiger partial charge in [0, 0.05) is 6.92 Å². The Balaban J connectivity index is 0.0000109. The molecule has 1 aliphatic heterocycles. The molecule has 0 bridgehead atoms. The molecule has 1 heterocycles. The number of hydrogen-bond donors (Lipinski definition) is 1. The van der Waals surface area contributed by atoms with E-state index in [0.29, 0.717) is 0 Å². The van der Waals surface area contributed by atoms with Crippen molar-refractivity contribution in [1.82, 2.24) is 0 Å². The summed E-state index contributed by atoms with van der Waals surface area (Å²) < 4.78 is 6.18. The highest BCUT2D eigenvalue weighted by molar-refractivity contribution is 5.04. The Kier molecular flexibility index (Phi) is 22.5. The minimum absolute atomic E-state index is 0. The maximum Gasteiger partial charge on any atom is 0.226 e. The fourth-order valence-corrected chi connectivity index (χ4v) is 5.66. The molecule has 0 aromatic carbocycles. The third-order valence-electron chi connectivity index (χ3n) is 8.21. The van der Waals surface area contributed by atoms with E-state index in [1.54, 1.807) is 0 Å². The normalized spacial score (nSPS) is 18.7. The SMILES string of the molecule is CCCCCCCCCCCCCCC1(CCCCCCCCCCCCCC)OC1(C)[NH3+].[Cl-]. The van der Waals surface area contributed by atoms with E-state index in [4.69, 9.17) is 4.74 Å². The summed E-state index contributed by atoms with van der Waals surface area (Å²) in [5, 5.41) is 0. The van der Waals surface area contributed by atoms with E-state index in [1.807, 2.05) is 0 Å². The van der Waals surface area contributed by atoms with E-state index in [0.717, 1.165) is 0 Å². The summed E-state index contributed by atoms with van der Waals surface area (Å²) in [6.45, 7) is 6.82. The lowest BCUT2D eigenvalue weighted by Gasteiger charge is -2.13. The molecule has 1 rings (SSSR count). The average Bonchev–Trinajstić information content (AvgIpc) is 3.35. The molecule has 0 saturated carbocycles. The van der Waals surface area contributed by atoms with E-state index < -0.39 is 0 Å². The molecule has 1 saturated heterocycles. The van der Waals surface area contributed by atoms with Crippen LogP contribution in [0, 0.1) is 0 Å². The van der Waals surface area contributed by atoms with Gasteiger partial charge < -0.3 is 22.9 Å². The van der Waals surface area contributed by atoms with Gasteiger partial charge in [-0.05, 0) is 12.8 Å². The van der Waals surface area contributed by atoms with E-state index in [-0.39, 0.29) is 23.7 Å². The van der Waals surface area contributed by atoms with Gasteiger partial charge in [-0.15, -0.1) is 0 Å². The van der Waals surface area contributed by atoms with Gasteiger partial charge in [0.1, 0.15) is 0 Å². The molecule has 0 aliphatic carbocycles. The van der Waals surface area contributed by atoms with E-state index in [1.165, 1.54) is 167 Å². The summed E-state index contributed by atoms with van der Waals surface area (Å²) in [5.74, 6) is 0. The number of halogens is 1. The van der Waals surface area contributed by atoms with E-state index >= 15 is 0 Å². The lowest BCUT2D eigenvalue weighted by atomic mass is 9.89. The molecule has 0 radical (unpaired) electrons. The Morgan fingerprint density at radius 3 is 0.853 bits per heavy atom. The van der Waals surface area contributed by atoms with Crippen LogP contribution >= 0.6 is 0 Å². The summed E-state index contributed by atoms with van der Waals surface area (Å²) in [5.41, 5.74) is 4.37. The van der Waals surface area contributed by atoms with Crippen LogP contribution in [0.3, 0.4) is 0 Å². The van der Waals surface area contributed by atoms with Crippen LogP contribution in [0.5, 0.6) is 0 Å². The summed E-state index contributed by atoms with van der Waals surface area (Å²) in [6.07, 6.45) is 36.6. The second-order valence-electron chi connectivity index (χ2n) is 11.6. The molecule has 1 unspecified atom stereocenters. The molecular weight excluding hydrogens is 438 g/mol. The Labute approximate surface area is 221 Å². The Hall–Kier alpha value is 0.210. The standard InChI is InChI=1S/C31H63NO.ClH/c1-4-6-8-10-12-14-16-18-20-22-24-26-28-31(30(3,32)33-31)29-27-25-23-21-19-17-15-13-11-9-7-5-2;/h4-29,32H2,1-3H3;1H. The zero-order valence-corrected chi connectivity index (χ0v) is 24.6. The van der Waals surface area contributed by atoms with Crippen LogP contribution in [0.4, 0.5) is 0 Å². The topological polar surface area (TPSA) is 40.2 Å². The number of unbranched alkanes of at least 4 members (excludes halogenated alkanes) is 22. The Bertz CT molecular complexity index is 398. The van der Waals surface area contributed by atoms with Crippen molar-refractivity contribution in [2.45, 2.75) is 199 Å². The average molecular weight is 502 g/mol. The highest BCUT2D eigenvalue weighted by Gasteiger charge is 2.67. The van der Waals surface area contributed by atoms with Gasteiger partial charge in [0.2, 0.25) is 5.72 Å². The van der Waals surface area contributed by atoms with Crippen molar-refractivity contribution < 1.29 is 22.9 Å². The van der Waals surface area contributed by atoms with Gasteiger partial charge in [0.25, 0.3) is 0 Å². The molecule has 0 aromatic heterocycles. The first-order chi connectivity index (χ1) is 16.1. The molecule has 0 aromatic rings. The summed E-state index contributed by atoms with van der Waals surface area (Å²) in [6, 6.07) is 0. The quantitative estimate of drug-likeness (QED) is 0.102. The second kappa shape index (κ2) is 22.4. The lowest BCUT2D eigenvalue weighted by Crippen LogP contribution is -3.00. The maximum absolute atomic E-state index is 6.18. The van der Waals surface area contributed by atoms with Gasteiger partial charge in [0.15, 0.2) is 5.60 Å². The monoisotopic (exact) mass is 501 g/mol. The van der Waals surface area contributed by atoms with Gasteiger partial charge in [-0.3, -0.25) is 0 Å². The van der Waals surface area contributed by atoms with Crippen LogP contribution in [0.25, 0.3) is 0 Å². The molecule has 3 N–H and O–H groups in total. The number of ether oxygens (including phenoxy) is 1. The van der Waals surface area contributed by atoms with Crippen molar-refractivity contribution >= 4 is 0 Å². The first kappa shape index (κ1) is 34.2. The number of epoxide rings is 1. The molecule has 3 heteroatoms. The third-order valence-corrected chi connectivity index (χ3v) is 8.21. The van der Waals surface area contributed by atoms with Crippen molar-refractivity contribution in [2.75, 3.05) is 0 Å². The summed E-state index contributed by atoms with van der Waals surface area (Å²) in [4.78, 5) is 0. The number of hydrogen-bond acceptors (Lipinski definition) is 1. The molecule has 0 spiro atoms. The van der Waals surface area contributed by atoms with Gasteiger partial charge in [0.05, 0.1) is 0 Å². The molecule has 1 fully saturated rings. The van der Waals surface area contributed by atoms with Crippen LogP contribution < -0.4 is 18.1 Å². The van der Waals surface area contributed by atoms with E-state index in [9.17, 15) is 0 Å².